The summed E-state index contributed by atoms with van der Waals surface area (Å²) < 4.78 is 1.63. The van der Waals surface area contributed by atoms with Gasteiger partial charge in [0.05, 0.1) is 18.7 Å². The third-order valence-electron chi connectivity index (χ3n) is 3.97. The maximum atomic E-state index is 12.0. The van der Waals surface area contributed by atoms with Crippen LogP contribution < -0.4 is 5.32 Å². The molecule has 1 aromatic rings. The van der Waals surface area contributed by atoms with Crippen LogP contribution in [-0.4, -0.2) is 37.9 Å². The van der Waals surface area contributed by atoms with Gasteiger partial charge in [-0.25, -0.2) is 4.98 Å². The topological polar surface area (TPSA) is 80.0 Å². The molecule has 1 saturated carbocycles. The Morgan fingerprint density at radius 3 is 2.84 bits per heavy atom. The van der Waals surface area contributed by atoms with E-state index in [2.05, 4.69) is 22.3 Å². The molecule has 1 aliphatic rings. The van der Waals surface area contributed by atoms with Crippen LogP contribution in [0.3, 0.4) is 0 Å². The molecule has 106 valence electrons. The monoisotopic (exact) mass is 266 g/mol. The second kappa shape index (κ2) is 6.14. The molecule has 0 atom stereocenters. The first-order chi connectivity index (χ1) is 9.13. The van der Waals surface area contributed by atoms with Crippen LogP contribution in [0.5, 0.6) is 0 Å². The lowest BCUT2D eigenvalue weighted by Gasteiger charge is -2.38. The van der Waals surface area contributed by atoms with Crippen molar-refractivity contribution in [2.45, 2.75) is 51.1 Å². The van der Waals surface area contributed by atoms with Gasteiger partial charge in [-0.3, -0.25) is 9.48 Å². The van der Waals surface area contributed by atoms with Crippen molar-refractivity contribution in [3.05, 3.63) is 12.7 Å². The Bertz CT molecular complexity index is 397. The number of aromatic nitrogens is 3. The second-order valence-electron chi connectivity index (χ2n) is 5.58. The molecule has 0 saturated heterocycles. The summed E-state index contributed by atoms with van der Waals surface area (Å²) in [7, 11) is 0. The van der Waals surface area contributed by atoms with Gasteiger partial charge in [0.25, 0.3) is 0 Å². The summed E-state index contributed by atoms with van der Waals surface area (Å²) in [6, 6.07) is 0. The highest BCUT2D eigenvalue weighted by Crippen LogP contribution is 2.31. The Kier molecular flexibility index (Phi) is 4.52. The molecule has 0 aliphatic heterocycles. The summed E-state index contributed by atoms with van der Waals surface area (Å²) in [6.07, 6.45) is 7.25. The molecule has 0 unspecified atom stereocenters. The Morgan fingerprint density at radius 1 is 1.53 bits per heavy atom. The van der Waals surface area contributed by atoms with E-state index < -0.39 is 5.54 Å². The molecule has 1 amide bonds. The lowest BCUT2D eigenvalue weighted by molar-refractivity contribution is -0.124. The van der Waals surface area contributed by atoms with Crippen LogP contribution in [0.25, 0.3) is 0 Å². The lowest BCUT2D eigenvalue weighted by Crippen LogP contribution is -2.53. The first kappa shape index (κ1) is 14.0. The summed E-state index contributed by atoms with van der Waals surface area (Å²) in [5, 5.41) is 16.6. The third kappa shape index (κ3) is 3.76. The summed E-state index contributed by atoms with van der Waals surface area (Å²) >= 11 is 0. The van der Waals surface area contributed by atoms with Crippen LogP contribution in [0.2, 0.25) is 0 Å². The van der Waals surface area contributed by atoms with Crippen molar-refractivity contribution >= 4 is 5.91 Å². The van der Waals surface area contributed by atoms with Crippen molar-refractivity contribution in [1.29, 1.82) is 0 Å². The minimum Gasteiger partial charge on any atom is -0.394 e. The van der Waals surface area contributed by atoms with Crippen LogP contribution in [0.4, 0.5) is 0 Å². The van der Waals surface area contributed by atoms with Crippen LogP contribution >= 0.6 is 0 Å². The molecule has 2 N–H and O–H groups in total. The van der Waals surface area contributed by atoms with E-state index >= 15 is 0 Å². The summed E-state index contributed by atoms with van der Waals surface area (Å²) in [5.74, 6) is 0.658. The van der Waals surface area contributed by atoms with E-state index in [1.165, 1.54) is 6.33 Å². The molecule has 1 fully saturated rings. The SMILES string of the molecule is CC1CCC(CO)(NC(=O)CCn2cncn2)CC1. The van der Waals surface area contributed by atoms with Crippen LogP contribution in [0.1, 0.15) is 39.0 Å². The van der Waals surface area contributed by atoms with E-state index in [0.717, 1.165) is 25.7 Å². The number of aliphatic hydroxyl groups excluding tert-OH is 1. The van der Waals surface area contributed by atoms with E-state index in [9.17, 15) is 9.90 Å². The zero-order chi connectivity index (χ0) is 13.7. The molecule has 0 spiro atoms. The fourth-order valence-corrected chi connectivity index (χ4v) is 2.56. The van der Waals surface area contributed by atoms with Crippen molar-refractivity contribution in [2.75, 3.05) is 6.61 Å². The third-order valence-corrected chi connectivity index (χ3v) is 3.97. The predicted molar refractivity (Wildman–Crippen MR) is 70.2 cm³/mol. The van der Waals surface area contributed by atoms with E-state index in [1.54, 1.807) is 11.0 Å². The number of nitrogens with zero attached hydrogens (tertiary/aromatic N) is 3. The van der Waals surface area contributed by atoms with Gasteiger partial charge in [0.2, 0.25) is 5.91 Å². The molecule has 0 radical (unpaired) electrons. The van der Waals surface area contributed by atoms with Crippen molar-refractivity contribution in [3.8, 4) is 0 Å². The fourth-order valence-electron chi connectivity index (χ4n) is 2.56. The van der Waals surface area contributed by atoms with Gasteiger partial charge in [-0.1, -0.05) is 6.92 Å². The molecule has 2 rings (SSSR count). The van der Waals surface area contributed by atoms with Crippen LogP contribution in [-0.2, 0) is 11.3 Å². The molecule has 0 aromatic carbocycles. The molecule has 1 heterocycles. The van der Waals surface area contributed by atoms with E-state index in [4.69, 9.17) is 0 Å². The maximum absolute atomic E-state index is 12.0. The standard InChI is InChI=1S/C13H22N4O2/c1-11-2-5-13(8-18,6-3-11)16-12(19)4-7-17-10-14-9-15-17/h9-11,18H,2-8H2,1H3,(H,16,19). The Balaban J connectivity index is 1.82. The first-order valence-electron chi connectivity index (χ1n) is 6.88. The number of rotatable bonds is 5. The minimum atomic E-state index is -0.411. The summed E-state index contributed by atoms with van der Waals surface area (Å²) in [6.45, 7) is 2.76. The maximum Gasteiger partial charge on any atom is 0.222 e. The fraction of sp³-hybridized carbons (Fsp3) is 0.769. The zero-order valence-corrected chi connectivity index (χ0v) is 11.4. The molecule has 0 bridgehead atoms. The molecule has 1 aliphatic carbocycles. The first-order valence-corrected chi connectivity index (χ1v) is 6.88. The van der Waals surface area contributed by atoms with Crippen LogP contribution in [0, 0.1) is 5.92 Å². The molecular formula is C13H22N4O2. The van der Waals surface area contributed by atoms with Gasteiger partial charge in [-0.05, 0) is 31.6 Å². The highest BCUT2D eigenvalue weighted by molar-refractivity contribution is 5.76. The van der Waals surface area contributed by atoms with Gasteiger partial charge in [0.15, 0.2) is 0 Å². The van der Waals surface area contributed by atoms with Crippen molar-refractivity contribution in [2.24, 2.45) is 5.92 Å². The highest BCUT2D eigenvalue weighted by atomic mass is 16.3. The molecule has 19 heavy (non-hydrogen) atoms. The normalized spacial score (nSPS) is 27.2. The smallest absolute Gasteiger partial charge is 0.222 e. The minimum absolute atomic E-state index is 0.0226. The van der Waals surface area contributed by atoms with Gasteiger partial charge in [0.1, 0.15) is 12.7 Å². The van der Waals surface area contributed by atoms with E-state index in [-0.39, 0.29) is 12.5 Å². The quantitative estimate of drug-likeness (QED) is 0.823. The Labute approximate surface area is 113 Å². The number of aryl methyl sites for hydroxylation is 1. The van der Waals surface area contributed by atoms with Crippen LogP contribution in [0.15, 0.2) is 12.7 Å². The van der Waals surface area contributed by atoms with Crippen molar-refractivity contribution in [3.63, 3.8) is 0 Å². The molecule has 6 nitrogen and oxygen atoms in total. The number of nitrogens with one attached hydrogen (secondary N) is 1. The van der Waals surface area contributed by atoms with Crippen molar-refractivity contribution in [1.82, 2.24) is 20.1 Å². The zero-order valence-electron chi connectivity index (χ0n) is 11.4. The van der Waals surface area contributed by atoms with Crippen molar-refractivity contribution < 1.29 is 9.90 Å². The predicted octanol–water partition coefficient (Wildman–Crippen LogP) is 0.726. The van der Waals surface area contributed by atoms with E-state index in [0.29, 0.717) is 18.9 Å². The largest absolute Gasteiger partial charge is 0.394 e. The van der Waals surface area contributed by atoms with Gasteiger partial charge in [0, 0.05) is 6.42 Å². The Hall–Kier alpha value is -1.43. The Morgan fingerprint density at radius 2 is 2.26 bits per heavy atom. The lowest BCUT2D eigenvalue weighted by atomic mass is 9.77. The number of carbonyl (C=O) groups excluding carboxylic acids is 1. The number of hydrogen-bond acceptors (Lipinski definition) is 4. The van der Waals surface area contributed by atoms with Gasteiger partial charge >= 0.3 is 0 Å². The highest BCUT2D eigenvalue weighted by Gasteiger charge is 2.34. The average Bonchev–Trinajstić information content (AvgIpc) is 2.93. The number of amides is 1. The summed E-state index contributed by atoms with van der Waals surface area (Å²) in [4.78, 5) is 15.8. The number of hydrogen-bond donors (Lipinski definition) is 2. The number of carbonyl (C=O) groups is 1. The number of aliphatic hydroxyl groups is 1. The van der Waals surface area contributed by atoms with E-state index in [1.807, 2.05) is 0 Å². The average molecular weight is 266 g/mol. The van der Waals surface area contributed by atoms with Gasteiger partial charge < -0.3 is 10.4 Å². The molecular weight excluding hydrogens is 244 g/mol. The second-order valence-corrected chi connectivity index (χ2v) is 5.58. The van der Waals surface area contributed by atoms with Gasteiger partial charge in [-0.15, -0.1) is 0 Å². The van der Waals surface area contributed by atoms with Gasteiger partial charge in [-0.2, -0.15) is 5.10 Å². The summed E-state index contributed by atoms with van der Waals surface area (Å²) in [5.41, 5.74) is -0.411. The molecule has 6 heteroatoms. The molecule has 1 aromatic heterocycles.